The van der Waals surface area contributed by atoms with Gasteiger partial charge in [-0.15, -0.1) is 11.6 Å². The quantitative estimate of drug-likeness (QED) is 0.595. The van der Waals surface area contributed by atoms with E-state index >= 15 is 0 Å². The Balaban J connectivity index is 2.15. The third-order valence-corrected chi connectivity index (χ3v) is 5.22. The predicted octanol–water partition coefficient (Wildman–Crippen LogP) is 4.81. The molecule has 0 atom stereocenters. The van der Waals surface area contributed by atoms with Gasteiger partial charge in [0.2, 0.25) is 0 Å². The number of rotatable bonds is 4. The molecule has 0 saturated heterocycles. The number of anilines is 1. The van der Waals surface area contributed by atoms with Gasteiger partial charge in [0, 0.05) is 18.7 Å². The van der Waals surface area contributed by atoms with Gasteiger partial charge in [-0.1, -0.05) is 23.2 Å². The summed E-state index contributed by atoms with van der Waals surface area (Å²) in [7, 11) is 0. The number of aromatic nitrogens is 2. The van der Waals surface area contributed by atoms with E-state index in [0.29, 0.717) is 24.0 Å². The standard InChI is InChI=1S/C14H13Cl3FN3OS/c15-7-23-19-11-5-8(10(18)6-9(11)16)12-13(17)20-3-1-2-4-21(20)14(12)22/h5-6,19H,1-4,7H2. The van der Waals surface area contributed by atoms with Gasteiger partial charge in [0.05, 0.1) is 21.5 Å². The first kappa shape index (κ1) is 17.0. The van der Waals surface area contributed by atoms with Gasteiger partial charge >= 0.3 is 0 Å². The van der Waals surface area contributed by atoms with Crippen LogP contribution in [0.1, 0.15) is 12.8 Å². The molecule has 124 valence electrons. The van der Waals surface area contributed by atoms with Crippen LogP contribution in [0.5, 0.6) is 0 Å². The van der Waals surface area contributed by atoms with Gasteiger partial charge in [0.1, 0.15) is 11.0 Å². The van der Waals surface area contributed by atoms with Crippen molar-refractivity contribution in [2.75, 3.05) is 9.93 Å². The average Bonchev–Trinajstić information content (AvgIpc) is 2.79. The number of alkyl halides is 1. The van der Waals surface area contributed by atoms with E-state index in [2.05, 4.69) is 4.72 Å². The van der Waals surface area contributed by atoms with Gasteiger partial charge in [-0.2, -0.15) is 0 Å². The molecule has 23 heavy (non-hydrogen) atoms. The molecule has 0 fully saturated rings. The molecule has 9 heteroatoms. The number of halogens is 4. The SMILES string of the molecule is O=c1c(-c2cc(NSCCl)c(Cl)cc2F)c(Cl)n2n1CCCC2. The van der Waals surface area contributed by atoms with Gasteiger partial charge in [0.15, 0.2) is 0 Å². The van der Waals surface area contributed by atoms with Crippen LogP contribution in [0, 0.1) is 5.82 Å². The second-order valence-corrected chi connectivity index (χ2v) is 7.22. The van der Waals surface area contributed by atoms with E-state index in [1.807, 2.05) is 0 Å². The van der Waals surface area contributed by atoms with Crippen LogP contribution in [-0.2, 0) is 13.1 Å². The van der Waals surface area contributed by atoms with Crippen molar-refractivity contribution in [2.24, 2.45) is 0 Å². The van der Waals surface area contributed by atoms with E-state index in [1.54, 1.807) is 9.36 Å². The Hall–Kier alpha value is -0.820. The highest BCUT2D eigenvalue weighted by molar-refractivity contribution is 8.01. The number of nitrogens with one attached hydrogen (secondary N) is 1. The Labute approximate surface area is 151 Å². The molecule has 4 nitrogen and oxygen atoms in total. The smallest absolute Gasteiger partial charge is 0.276 e. The average molecular weight is 397 g/mol. The van der Waals surface area contributed by atoms with Crippen molar-refractivity contribution in [3.8, 4) is 11.1 Å². The maximum atomic E-state index is 14.4. The Morgan fingerprint density at radius 1 is 1.22 bits per heavy atom. The molecule has 1 N–H and O–H groups in total. The molecule has 1 aromatic carbocycles. The molecule has 0 unspecified atom stereocenters. The lowest BCUT2D eigenvalue weighted by atomic mass is 10.1. The van der Waals surface area contributed by atoms with Crippen LogP contribution in [0.2, 0.25) is 10.2 Å². The van der Waals surface area contributed by atoms with Crippen molar-refractivity contribution in [1.82, 2.24) is 9.36 Å². The van der Waals surface area contributed by atoms with Crippen LogP contribution in [0.3, 0.4) is 0 Å². The summed E-state index contributed by atoms with van der Waals surface area (Å²) in [5.41, 5.74) is 0.503. The number of hydrogen-bond acceptors (Lipinski definition) is 3. The molecular weight excluding hydrogens is 384 g/mol. The van der Waals surface area contributed by atoms with Crippen LogP contribution >= 0.6 is 46.8 Å². The van der Waals surface area contributed by atoms with Gasteiger partial charge in [-0.3, -0.25) is 9.48 Å². The second kappa shape index (κ2) is 6.97. The minimum Gasteiger partial charge on any atom is -0.327 e. The van der Waals surface area contributed by atoms with Crippen molar-refractivity contribution < 1.29 is 4.39 Å². The maximum Gasteiger partial charge on any atom is 0.276 e. The summed E-state index contributed by atoms with van der Waals surface area (Å²) in [6, 6.07) is 2.66. The molecule has 1 aliphatic rings. The van der Waals surface area contributed by atoms with Crippen molar-refractivity contribution in [2.45, 2.75) is 25.9 Å². The zero-order valence-electron chi connectivity index (χ0n) is 11.9. The molecule has 0 aliphatic carbocycles. The molecule has 0 spiro atoms. The van der Waals surface area contributed by atoms with E-state index in [-0.39, 0.29) is 26.9 Å². The highest BCUT2D eigenvalue weighted by Gasteiger charge is 2.24. The maximum absolute atomic E-state index is 14.4. The highest BCUT2D eigenvalue weighted by Crippen LogP contribution is 2.35. The molecule has 3 rings (SSSR count). The van der Waals surface area contributed by atoms with Crippen molar-refractivity contribution in [3.63, 3.8) is 0 Å². The topological polar surface area (TPSA) is 39.0 Å². The zero-order valence-corrected chi connectivity index (χ0v) is 15.0. The van der Waals surface area contributed by atoms with E-state index in [1.165, 1.54) is 24.1 Å². The largest absolute Gasteiger partial charge is 0.327 e. The summed E-state index contributed by atoms with van der Waals surface area (Å²) >= 11 is 19.2. The summed E-state index contributed by atoms with van der Waals surface area (Å²) < 4.78 is 20.6. The summed E-state index contributed by atoms with van der Waals surface area (Å²) in [6.07, 6.45) is 1.84. The lowest BCUT2D eigenvalue weighted by Crippen LogP contribution is -2.27. The lowest BCUT2D eigenvalue weighted by Gasteiger charge is -2.17. The van der Waals surface area contributed by atoms with E-state index in [4.69, 9.17) is 34.8 Å². The Kier molecular flexibility index (Phi) is 5.16. The summed E-state index contributed by atoms with van der Waals surface area (Å²) in [5.74, 6) is -0.584. The fourth-order valence-corrected chi connectivity index (χ4v) is 3.83. The first-order chi connectivity index (χ1) is 11.0. The Bertz CT molecular complexity index is 806. The summed E-state index contributed by atoms with van der Waals surface area (Å²) in [4.78, 5) is 12.6. The van der Waals surface area contributed by atoms with Gasteiger partial charge < -0.3 is 4.72 Å². The Morgan fingerprint density at radius 2 is 1.91 bits per heavy atom. The van der Waals surface area contributed by atoms with Crippen molar-refractivity contribution in [3.05, 3.63) is 38.5 Å². The fourth-order valence-electron chi connectivity index (χ4n) is 2.68. The lowest BCUT2D eigenvalue weighted by molar-refractivity contribution is 0.356. The number of benzene rings is 1. The number of nitrogens with zero attached hydrogens (tertiary/aromatic N) is 2. The first-order valence-electron chi connectivity index (χ1n) is 6.97. The molecule has 0 amide bonds. The number of fused-ring (bicyclic) bond motifs is 1. The zero-order chi connectivity index (χ0) is 16.6. The van der Waals surface area contributed by atoms with E-state index in [9.17, 15) is 9.18 Å². The molecule has 1 aliphatic heterocycles. The van der Waals surface area contributed by atoms with Crippen LogP contribution in [0.25, 0.3) is 11.1 Å². The second-order valence-electron chi connectivity index (χ2n) is 5.09. The van der Waals surface area contributed by atoms with Gasteiger partial charge in [-0.05, 0) is 36.9 Å². The third kappa shape index (κ3) is 3.09. The predicted molar refractivity (Wildman–Crippen MR) is 95.3 cm³/mol. The normalized spacial score (nSPS) is 13.9. The molecule has 2 heterocycles. The molecule has 0 radical (unpaired) electrons. The van der Waals surface area contributed by atoms with E-state index in [0.717, 1.165) is 12.8 Å². The Morgan fingerprint density at radius 3 is 2.57 bits per heavy atom. The van der Waals surface area contributed by atoms with Crippen molar-refractivity contribution in [1.29, 1.82) is 0 Å². The molecular formula is C14H13Cl3FN3OS. The monoisotopic (exact) mass is 395 g/mol. The molecule has 1 aromatic heterocycles. The van der Waals surface area contributed by atoms with Gasteiger partial charge in [0.25, 0.3) is 5.56 Å². The number of hydrogen-bond donors (Lipinski definition) is 1. The third-order valence-electron chi connectivity index (χ3n) is 3.73. The van der Waals surface area contributed by atoms with Gasteiger partial charge in [-0.25, -0.2) is 9.07 Å². The fraction of sp³-hybridized carbons (Fsp3) is 0.357. The van der Waals surface area contributed by atoms with Crippen LogP contribution < -0.4 is 10.3 Å². The highest BCUT2D eigenvalue weighted by atomic mass is 35.5. The first-order valence-corrected chi connectivity index (χ1v) is 9.24. The molecule has 0 bridgehead atoms. The molecule has 2 aromatic rings. The van der Waals surface area contributed by atoms with Crippen molar-refractivity contribution >= 4 is 52.4 Å². The minimum atomic E-state index is -0.584. The molecule has 0 saturated carbocycles. The minimum absolute atomic E-state index is 0.136. The van der Waals surface area contributed by atoms with Crippen LogP contribution in [0.15, 0.2) is 16.9 Å². The summed E-state index contributed by atoms with van der Waals surface area (Å²) in [5, 5.41) is 0.767. The summed E-state index contributed by atoms with van der Waals surface area (Å²) in [6.45, 7) is 1.23. The van der Waals surface area contributed by atoms with Crippen LogP contribution in [0.4, 0.5) is 10.1 Å². The van der Waals surface area contributed by atoms with E-state index < -0.39 is 5.82 Å². The van der Waals surface area contributed by atoms with Crippen LogP contribution in [-0.4, -0.2) is 14.6 Å².